The van der Waals surface area contributed by atoms with Crippen LogP contribution in [0.15, 0.2) is 72.9 Å². The Balaban J connectivity index is 4.76. The summed E-state index contributed by atoms with van der Waals surface area (Å²) in [6.45, 7) is 1.46. The predicted octanol–water partition coefficient (Wildman–Crippen LogP) is 9.98. The van der Waals surface area contributed by atoms with E-state index in [0.29, 0.717) is 6.42 Å². The van der Waals surface area contributed by atoms with Gasteiger partial charge < -0.3 is 34.4 Å². The van der Waals surface area contributed by atoms with Gasteiger partial charge in [-0.15, -0.1) is 0 Å². The Morgan fingerprint density at radius 1 is 0.550 bits per heavy atom. The minimum Gasteiger partial charge on any atom is -0.462 e. The molecule has 0 aliphatic carbocycles. The fraction of sp³-hybridized carbons (Fsp3) is 0.682. The van der Waals surface area contributed by atoms with E-state index in [1.807, 2.05) is 12.2 Å². The van der Waals surface area contributed by atoms with Gasteiger partial charge in [0, 0.05) is 12.8 Å². The lowest BCUT2D eigenvalue weighted by molar-refractivity contribution is -0.161. The van der Waals surface area contributed by atoms with Gasteiger partial charge >= 0.3 is 27.6 Å². The lowest BCUT2D eigenvalue weighted by atomic mass is 10.1. The van der Waals surface area contributed by atoms with E-state index in [1.165, 1.54) is 44.9 Å². The van der Waals surface area contributed by atoms with Gasteiger partial charge in [0.15, 0.2) is 6.10 Å². The summed E-state index contributed by atoms with van der Waals surface area (Å²) in [5, 5.41) is 20.0. The summed E-state index contributed by atoms with van der Waals surface area (Å²) >= 11 is 0. The third-order valence-corrected chi connectivity index (χ3v) is 10.1. The van der Waals surface area contributed by atoms with Crippen LogP contribution < -0.4 is 0 Å². The van der Waals surface area contributed by atoms with Crippen molar-refractivity contribution in [2.75, 3.05) is 26.4 Å². The van der Waals surface area contributed by atoms with Crippen molar-refractivity contribution in [3.63, 3.8) is 0 Å². The van der Waals surface area contributed by atoms with E-state index in [1.54, 1.807) is 12.2 Å². The van der Waals surface area contributed by atoms with E-state index >= 15 is 0 Å². The highest BCUT2D eigenvalue weighted by molar-refractivity contribution is 7.47. The molecule has 0 fully saturated rings. The molecular weight excluding hydrogens is 814 g/mol. The minimum atomic E-state index is -4.89. The predicted molar refractivity (Wildman–Crippen MR) is 236 cm³/mol. The highest BCUT2D eigenvalue weighted by Crippen LogP contribution is 2.43. The zero-order chi connectivity index (χ0) is 44.6. The first-order chi connectivity index (χ1) is 28.8. The largest absolute Gasteiger partial charge is 0.472 e. The van der Waals surface area contributed by atoms with Gasteiger partial charge in [-0.25, -0.2) is 9.13 Å². The van der Waals surface area contributed by atoms with Crippen LogP contribution in [-0.2, 0) is 41.8 Å². The number of hydrogen-bond acceptors (Lipinski definition) is 11. The molecule has 16 heteroatoms. The minimum absolute atomic E-state index is 0.103. The van der Waals surface area contributed by atoms with Gasteiger partial charge in [0.05, 0.1) is 25.9 Å². The Kier molecular flexibility index (Phi) is 37.7. The molecular formula is C44H76O14P2. The lowest BCUT2D eigenvalue weighted by Gasteiger charge is -2.20. The van der Waals surface area contributed by atoms with E-state index in [4.69, 9.17) is 23.8 Å². The topological polar surface area (TPSA) is 216 Å². The van der Waals surface area contributed by atoms with Gasteiger partial charge in [-0.2, -0.15) is 0 Å². The number of rotatable bonds is 40. The molecule has 0 aliphatic heterocycles. The summed E-state index contributed by atoms with van der Waals surface area (Å²) in [6, 6.07) is 0. The number of allylic oxidation sites excluding steroid dienone is 11. The number of hydrogen-bond donors (Lipinski definition) is 5. The summed E-state index contributed by atoms with van der Waals surface area (Å²) < 4.78 is 47.6. The van der Waals surface area contributed by atoms with Gasteiger partial charge in [-0.05, 0) is 70.6 Å². The van der Waals surface area contributed by atoms with Gasteiger partial charge in [0.2, 0.25) is 0 Å². The summed E-state index contributed by atoms with van der Waals surface area (Å²) in [6.07, 6.45) is 39.2. The Morgan fingerprint density at radius 2 is 1.07 bits per heavy atom. The van der Waals surface area contributed by atoms with Crippen LogP contribution in [0.1, 0.15) is 149 Å². The third-order valence-electron chi connectivity index (χ3n) is 8.69. The number of phosphoric ester groups is 2. The van der Waals surface area contributed by atoms with Gasteiger partial charge in [0.25, 0.3) is 0 Å². The molecule has 4 atom stereocenters. The first-order valence-electron chi connectivity index (χ1n) is 21.8. The first-order valence-corrected chi connectivity index (χ1v) is 24.8. The lowest BCUT2D eigenvalue weighted by Crippen LogP contribution is -2.30. The molecule has 346 valence electrons. The molecule has 14 nitrogen and oxygen atoms in total. The molecule has 0 aliphatic rings. The Bertz CT molecular complexity index is 1350. The molecule has 0 bridgehead atoms. The molecule has 0 radical (unpaired) electrons. The molecule has 0 saturated heterocycles. The second kappa shape index (κ2) is 39.4. The first kappa shape index (κ1) is 57.5. The van der Waals surface area contributed by atoms with Crippen LogP contribution >= 0.6 is 15.6 Å². The Morgan fingerprint density at radius 3 is 1.75 bits per heavy atom. The van der Waals surface area contributed by atoms with Crippen LogP contribution in [0.5, 0.6) is 0 Å². The molecule has 0 rings (SSSR count). The monoisotopic (exact) mass is 890 g/mol. The molecule has 60 heavy (non-hydrogen) atoms. The number of carbonyl (C=O) groups is 2. The third kappa shape index (κ3) is 42.2. The quantitative estimate of drug-likeness (QED) is 0.0127. The fourth-order valence-electron chi connectivity index (χ4n) is 5.32. The zero-order valence-electron chi connectivity index (χ0n) is 36.1. The molecule has 0 heterocycles. The van der Waals surface area contributed by atoms with Crippen molar-refractivity contribution in [2.45, 2.75) is 167 Å². The van der Waals surface area contributed by atoms with Gasteiger partial charge in [-0.1, -0.05) is 138 Å². The van der Waals surface area contributed by atoms with E-state index in [0.717, 1.165) is 57.8 Å². The van der Waals surface area contributed by atoms with Crippen LogP contribution in [0.3, 0.4) is 0 Å². The zero-order valence-corrected chi connectivity index (χ0v) is 37.9. The molecule has 1 unspecified atom stereocenters. The second-order valence-corrected chi connectivity index (χ2v) is 17.2. The molecule has 0 aromatic rings. The van der Waals surface area contributed by atoms with Crippen molar-refractivity contribution in [1.82, 2.24) is 0 Å². The average molecular weight is 891 g/mol. The highest BCUT2D eigenvalue weighted by Gasteiger charge is 2.28. The second-order valence-electron chi connectivity index (χ2n) is 14.5. The molecule has 0 aromatic carbocycles. The van der Waals surface area contributed by atoms with E-state index in [-0.39, 0.29) is 25.7 Å². The Hall–Kier alpha value is -2.48. The maximum Gasteiger partial charge on any atom is 0.472 e. The number of unbranched alkanes of at least 4 members (excludes halogenated alkanes) is 12. The number of phosphoric acid groups is 2. The van der Waals surface area contributed by atoms with Crippen molar-refractivity contribution >= 4 is 27.6 Å². The number of aliphatic hydroxyl groups is 2. The van der Waals surface area contributed by atoms with E-state index in [2.05, 4.69) is 71.5 Å². The molecule has 0 saturated carbocycles. The number of aliphatic hydroxyl groups excluding tert-OH is 2. The molecule has 0 amide bonds. The van der Waals surface area contributed by atoms with Crippen molar-refractivity contribution in [2.24, 2.45) is 0 Å². The smallest absolute Gasteiger partial charge is 0.462 e. The van der Waals surface area contributed by atoms with Crippen molar-refractivity contribution < 1.29 is 66.7 Å². The van der Waals surface area contributed by atoms with Crippen LogP contribution in [0.2, 0.25) is 0 Å². The molecule has 5 N–H and O–H groups in total. The Labute approximate surface area is 359 Å². The fourth-order valence-corrected chi connectivity index (χ4v) is 6.48. The molecule has 0 aromatic heterocycles. The van der Waals surface area contributed by atoms with E-state index < -0.39 is 72.3 Å². The van der Waals surface area contributed by atoms with Crippen molar-refractivity contribution in [3.8, 4) is 0 Å². The van der Waals surface area contributed by atoms with Crippen LogP contribution in [-0.4, -0.2) is 81.6 Å². The number of esters is 2. The number of ether oxygens (including phenoxy) is 2. The van der Waals surface area contributed by atoms with Crippen LogP contribution in [0, 0.1) is 0 Å². The molecule has 0 spiro atoms. The van der Waals surface area contributed by atoms with Crippen LogP contribution in [0.25, 0.3) is 0 Å². The average Bonchev–Trinajstić information content (AvgIpc) is 3.20. The maximum absolute atomic E-state index is 12.7. The summed E-state index contributed by atoms with van der Waals surface area (Å²) in [7, 11) is -9.76. The van der Waals surface area contributed by atoms with Crippen molar-refractivity contribution in [3.05, 3.63) is 72.9 Å². The SMILES string of the molecule is CCCCC/C=C\C/C=C\C/C=C\C=C\[C@H](O)CCCC(=O)O[C@H](COC(=O)CCCCCCC/C=C\C=C/CCCCCC)COP(=O)(O)OC[C@@H](O)COP(=O)(O)O. The summed E-state index contributed by atoms with van der Waals surface area (Å²) in [4.78, 5) is 52.7. The highest BCUT2D eigenvalue weighted by atomic mass is 31.2. The number of carbonyl (C=O) groups excluding carboxylic acids is 2. The summed E-state index contributed by atoms with van der Waals surface area (Å²) in [5.41, 5.74) is 0. The van der Waals surface area contributed by atoms with Crippen LogP contribution in [0.4, 0.5) is 0 Å². The summed E-state index contributed by atoms with van der Waals surface area (Å²) in [5.74, 6) is -1.26. The van der Waals surface area contributed by atoms with Gasteiger partial charge in [-0.3, -0.25) is 23.2 Å². The van der Waals surface area contributed by atoms with E-state index in [9.17, 15) is 33.8 Å². The van der Waals surface area contributed by atoms with Gasteiger partial charge in [0.1, 0.15) is 12.7 Å². The van der Waals surface area contributed by atoms with Crippen molar-refractivity contribution in [1.29, 1.82) is 0 Å². The standard InChI is InChI=1S/C44H76O14P2/c1-3-5-7-9-11-13-15-17-18-20-22-24-26-28-30-34-43(47)54-38-42(39-57-60(52,53)56-37-41(46)36-55-59(49,50)51)58-44(48)35-31-33-40(45)32-29-27-25-23-21-19-16-14-12-10-8-6-4-2/h12-15,17-19,21,25,27,29,32,40-42,45-46H,3-11,16,20,22-24,26,28,30-31,33-39H2,1-2H3,(H,52,53)(H2,49,50,51)/b14-12-,15-13-,18-17-,21-19-,27-25-,32-29+/t40-,41-,42+/m0/s1. The maximum atomic E-state index is 12.7. The normalized spacial score (nSPS) is 15.2.